The van der Waals surface area contributed by atoms with Gasteiger partial charge < -0.3 is 14.2 Å². The highest BCUT2D eigenvalue weighted by Crippen LogP contribution is 2.23. The number of unbranched alkanes of at least 4 members (excludes halogenated alkanes) is 36. The fourth-order valence-corrected chi connectivity index (χ4v) is 9.14. The van der Waals surface area contributed by atoms with Gasteiger partial charge in [0.1, 0.15) is 30.9 Å². The molecule has 1 heterocycles. The molecule has 0 spiro atoms. The number of thioether (sulfide) groups is 1. The zero-order valence-corrected chi connectivity index (χ0v) is 44.6. The summed E-state index contributed by atoms with van der Waals surface area (Å²) in [6, 6.07) is 0. The third-order valence-electron chi connectivity index (χ3n) is 13.2. The molecule has 10 heteroatoms. The minimum absolute atomic E-state index is 0.0501. The predicted octanol–water partition coefficient (Wildman–Crippen LogP) is 16.8. The fourth-order valence-electron chi connectivity index (χ4n) is 8.65. The van der Waals surface area contributed by atoms with Crippen molar-refractivity contribution in [3.63, 3.8) is 0 Å². The van der Waals surface area contributed by atoms with Gasteiger partial charge in [-0.05, 0) is 44.6 Å². The minimum atomic E-state index is -1.33. The maximum Gasteiger partial charge on any atom is 0.319 e. The molecule has 0 aliphatic carbocycles. The molecule has 0 saturated carbocycles. The van der Waals surface area contributed by atoms with Gasteiger partial charge in [-0.3, -0.25) is 19.1 Å². The van der Waals surface area contributed by atoms with Crippen LogP contribution in [-0.2, 0) is 41.7 Å². The molecule has 0 aliphatic heterocycles. The number of rotatable bonds is 51. The van der Waals surface area contributed by atoms with Crippen LogP contribution in [0.4, 0.5) is 0 Å². The number of aryl methyl sites for hydroxylation is 1. The smallest absolute Gasteiger partial charge is 0.319 e. The minimum Gasteiger partial charge on any atom is -0.464 e. The van der Waals surface area contributed by atoms with Crippen molar-refractivity contribution in [1.29, 1.82) is 0 Å². The number of ether oxygens (including phenoxy) is 3. The van der Waals surface area contributed by atoms with E-state index < -0.39 is 11.4 Å². The van der Waals surface area contributed by atoms with Crippen molar-refractivity contribution in [2.45, 2.75) is 297 Å². The second-order valence-electron chi connectivity index (χ2n) is 20.0. The van der Waals surface area contributed by atoms with Crippen LogP contribution in [-0.4, -0.2) is 58.1 Å². The van der Waals surface area contributed by atoms with E-state index in [2.05, 4.69) is 30.4 Å². The van der Waals surface area contributed by atoms with Gasteiger partial charge in [0.05, 0.1) is 6.20 Å². The van der Waals surface area contributed by atoms with E-state index in [1.165, 1.54) is 205 Å². The van der Waals surface area contributed by atoms with Gasteiger partial charge in [-0.25, -0.2) is 0 Å². The largest absolute Gasteiger partial charge is 0.464 e. The summed E-state index contributed by atoms with van der Waals surface area (Å²) in [6.07, 6.45) is 53.9. The van der Waals surface area contributed by atoms with E-state index in [9.17, 15) is 14.4 Å². The van der Waals surface area contributed by atoms with Crippen molar-refractivity contribution in [2.24, 2.45) is 5.41 Å². The Bertz CT molecular complexity index is 1190. The molecule has 9 nitrogen and oxygen atoms in total. The lowest BCUT2D eigenvalue weighted by molar-refractivity contribution is -0.171. The molecule has 0 aromatic carbocycles. The Hall–Kier alpha value is -2.10. The molecule has 0 amide bonds. The third-order valence-corrected chi connectivity index (χ3v) is 13.9. The summed E-state index contributed by atoms with van der Waals surface area (Å²) in [5.74, 6) is 0.0232. The van der Waals surface area contributed by atoms with Crippen LogP contribution in [0.5, 0.6) is 0 Å². The van der Waals surface area contributed by atoms with Crippen LogP contribution in [0.2, 0.25) is 0 Å². The molecule has 0 N–H and O–H groups in total. The first kappa shape index (κ1) is 61.9. The number of carbonyl (C=O) groups is 3. The van der Waals surface area contributed by atoms with Gasteiger partial charge >= 0.3 is 17.9 Å². The molecule has 0 radical (unpaired) electrons. The van der Waals surface area contributed by atoms with Gasteiger partial charge in [0.25, 0.3) is 0 Å². The lowest BCUT2D eigenvalue weighted by atomic mass is 9.93. The van der Waals surface area contributed by atoms with Crippen molar-refractivity contribution in [3.05, 3.63) is 11.9 Å². The van der Waals surface area contributed by atoms with Crippen LogP contribution in [0.3, 0.4) is 0 Å². The first-order valence-corrected chi connectivity index (χ1v) is 29.6. The Morgan fingerprint density at radius 1 is 0.485 bits per heavy atom. The Morgan fingerprint density at radius 2 is 0.818 bits per heavy atom. The number of carbonyl (C=O) groups excluding carboxylic acids is 3. The van der Waals surface area contributed by atoms with E-state index in [1.807, 2.05) is 22.6 Å². The summed E-state index contributed by atoms with van der Waals surface area (Å²) in [6.45, 7) is 6.50. The Balaban J connectivity index is 2.44. The Kier molecular flexibility index (Phi) is 43.7. The topological polar surface area (TPSA) is 110 Å². The zero-order chi connectivity index (χ0) is 47.9. The number of aromatic nitrogens is 3. The van der Waals surface area contributed by atoms with Crippen LogP contribution < -0.4 is 0 Å². The maximum atomic E-state index is 13.6. The molecule has 0 fully saturated rings. The number of esters is 3. The molecule has 0 aliphatic rings. The van der Waals surface area contributed by atoms with Gasteiger partial charge in [-0.2, -0.15) is 11.8 Å². The van der Waals surface area contributed by atoms with E-state index in [0.29, 0.717) is 18.5 Å². The average molecular weight is 949 g/mol. The molecule has 1 rings (SSSR count). The van der Waals surface area contributed by atoms with Crippen LogP contribution in [0.25, 0.3) is 0 Å². The van der Waals surface area contributed by atoms with Crippen LogP contribution >= 0.6 is 11.8 Å². The van der Waals surface area contributed by atoms with Crippen molar-refractivity contribution in [1.82, 2.24) is 15.0 Å². The monoisotopic (exact) mass is 948 g/mol. The first-order chi connectivity index (χ1) is 32.3. The lowest BCUT2D eigenvalue weighted by Crippen LogP contribution is -2.40. The van der Waals surface area contributed by atoms with E-state index in [0.717, 1.165) is 57.9 Å². The van der Waals surface area contributed by atoms with Gasteiger partial charge in [0.15, 0.2) is 0 Å². The number of hydrogen-bond donors (Lipinski definition) is 0. The zero-order valence-electron chi connectivity index (χ0n) is 43.8. The molecule has 0 atom stereocenters. The predicted molar refractivity (Wildman–Crippen MR) is 279 cm³/mol. The summed E-state index contributed by atoms with van der Waals surface area (Å²) in [7, 11) is 0. The average Bonchev–Trinajstić information content (AvgIpc) is 3.78. The normalized spacial score (nSPS) is 11.6. The van der Waals surface area contributed by atoms with Crippen LogP contribution in [0.1, 0.15) is 290 Å². The molecule has 0 bridgehead atoms. The highest BCUT2D eigenvalue weighted by atomic mass is 32.2. The summed E-state index contributed by atoms with van der Waals surface area (Å²) >= 11 is 1.94. The number of hydrogen-bond acceptors (Lipinski definition) is 9. The molecule has 66 heavy (non-hydrogen) atoms. The summed E-state index contributed by atoms with van der Waals surface area (Å²) in [4.78, 5) is 39.3. The van der Waals surface area contributed by atoms with E-state index in [4.69, 9.17) is 14.2 Å². The standard InChI is InChI=1S/C56H105N3O6S/c1-5-7-9-11-13-15-17-19-21-23-25-28-32-36-40-44-53(60)64-50-56(3,51-65-54(61)45-41-37-33-29-26-24-22-20-18-16-14-12-10-8-6-2)55(62)63-49-52-48-59(58-57-52)46-42-38-34-30-27-31-35-39-43-47-66-4/h48H,5-47,49-51H2,1-4H3. The van der Waals surface area contributed by atoms with E-state index in [1.54, 1.807) is 6.92 Å². The highest BCUT2D eigenvalue weighted by molar-refractivity contribution is 7.98. The molecule has 386 valence electrons. The van der Waals surface area contributed by atoms with E-state index in [-0.39, 0.29) is 31.8 Å². The van der Waals surface area contributed by atoms with Crippen molar-refractivity contribution in [3.8, 4) is 0 Å². The summed E-state index contributed by atoms with van der Waals surface area (Å²) in [5, 5.41) is 8.48. The van der Waals surface area contributed by atoms with E-state index >= 15 is 0 Å². The third kappa shape index (κ3) is 38.8. The van der Waals surface area contributed by atoms with Crippen molar-refractivity contribution in [2.75, 3.05) is 25.2 Å². The van der Waals surface area contributed by atoms with Crippen molar-refractivity contribution >= 4 is 29.7 Å². The van der Waals surface area contributed by atoms with Gasteiger partial charge in [-0.15, -0.1) is 5.10 Å². The molecule has 0 saturated heterocycles. The Morgan fingerprint density at radius 3 is 1.18 bits per heavy atom. The maximum absolute atomic E-state index is 13.6. The molecular weight excluding hydrogens is 843 g/mol. The second kappa shape index (κ2) is 46.6. The van der Waals surface area contributed by atoms with Gasteiger partial charge in [-0.1, -0.05) is 244 Å². The highest BCUT2D eigenvalue weighted by Gasteiger charge is 2.39. The molecule has 1 aromatic heterocycles. The van der Waals surface area contributed by atoms with Crippen LogP contribution in [0, 0.1) is 5.41 Å². The van der Waals surface area contributed by atoms with Gasteiger partial charge in [0.2, 0.25) is 0 Å². The van der Waals surface area contributed by atoms with Crippen LogP contribution in [0.15, 0.2) is 6.20 Å². The first-order valence-electron chi connectivity index (χ1n) is 28.2. The second-order valence-corrected chi connectivity index (χ2v) is 21.0. The fraction of sp³-hybridized carbons (Fsp3) is 0.911. The summed E-state index contributed by atoms with van der Waals surface area (Å²) < 4.78 is 18.9. The SMILES string of the molecule is CCCCCCCCCCCCCCCCCC(=O)OCC(C)(COC(=O)CCCCCCCCCCCCCCCCC)C(=O)OCc1cn(CCCCCCCCCCCSC)nn1. The Labute approximate surface area is 411 Å². The van der Waals surface area contributed by atoms with Gasteiger partial charge in [0, 0.05) is 19.4 Å². The molecule has 0 unspecified atom stereocenters. The molecule has 1 aromatic rings. The van der Waals surface area contributed by atoms with Crippen molar-refractivity contribution < 1.29 is 28.6 Å². The quantitative estimate of drug-likeness (QED) is 0.0358. The summed E-state index contributed by atoms with van der Waals surface area (Å²) in [5.41, 5.74) is -0.775. The number of nitrogens with zero attached hydrogens (tertiary/aromatic N) is 3. The molecular formula is C56H105N3O6S. The lowest BCUT2D eigenvalue weighted by Gasteiger charge is -2.26.